The van der Waals surface area contributed by atoms with E-state index in [0.717, 1.165) is 5.82 Å². The molecule has 0 radical (unpaired) electrons. The molecule has 0 fully saturated rings. The molecule has 0 aromatic carbocycles. The van der Waals surface area contributed by atoms with Crippen LogP contribution in [0.3, 0.4) is 0 Å². The average molecular weight is 299 g/mol. The Morgan fingerprint density at radius 3 is 2.90 bits per heavy atom. The van der Waals surface area contributed by atoms with Crippen molar-refractivity contribution in [3.05, 3.63) is 29.5 Å². The van der Waals surface area contributed by atoms with Gasteiger partial charge in [-0.05, 0) is 13.3 Å². The van der Waals surface area contributed by atoms with Crippen LogP contribution >= 0.6 is 0 Å². The first-order chi connectivity index (χ1) is 9.54. The van der Waals surface area contributed by atoms with Crippen LogP contribution in [0.15, 0.2) is 17.4 Å². The first kappa shape index (κ1) is 14.7. The van der Waals surface area contributed by atoms with Crippen molar-refractivity contribution in [2.45, 2.75) is 31.4 Å². The van der Waals surface area contributed by atoms with Gasteiger partial charge in [-0.25, -0.2) is 18.1 Å². The first-order valence-electron chi connectivity index (χ1n) is 6.17. The molecule has 2 rings (SSSR count). The molecule has 0 amide bonds. The van der Waals surface area contributed by atoms with Crippen LogP contribution in [0.1, 0.15) is 23.5 Å². The van der Waals surface area contributed by atoms with Crippen LogP contribution in [0, 0.1) is 6.92 Å². The van der Waals surface area contributed by atoms with Crippen molar-refractivity contribution in [1.29, 1.82) is 0 Å². The second-order valence-corrected chi connectivity index (χ2v) is 6.01. The Kier molecular flexibility index (Phi) is 4.53. The summed E-state index contributed by atoms with van der Waals surface area (Å²) in [5, 5.41) is 15.3. The summed E-state index contributed by atoms with van der Waals surface area (Å²) in [4.78, 5) is 7.01. The number of aliphatic hydroxyl groups excluding tert-OH is 1. The van der Waals surface area contributed by atoms with E-state index in [0.29, 0.717) is 24.1 Å². The minimum Gasteiger partial charge on any atom is -0.392 e. The predicted molar refractivity (Wildman–Crippen MR) is 71.3 cm³/mol. The zero-order valence-electron chi connectivity index (χ0n) is 11.0. The predicted octanol–water partition coefficient (Wildman–Crippen LogP) is -0.155. The average Bonchev–Trinajstić information content (AvgIpc) is 3.04. The van der Waals surface area contributed by atoms with Gasteiger partial charge in [-0.2, -0.15) is 5.10 Å². The maximum atomic E-state index is 12.1. The summed E-state index contributed by atoms with van der Waals surface area (Å²) in [5.74, 6) is 0.816. The fraction of sp³-hybridized carbons (Fsp3) is 0.455. The molecule has 0 saturated carbocycles. The third-order valence-electron chi connectivity index (χ3n) is 2.89. The highest BCUT2D eigenvalue weighted by Crippen LogP contribution is 2.15. The molecule has 8 nitrogen and oxygen atoms in total. The van der Waals surface area contributed by atoms with E-state index in [4.69, 9.17) is 0 Å². The number of hydrogen-bond donors (Lipinski definition) is 4. The molecule has 2 aromatic heterocycles. The lowest BCUT2D eigenvalue weighted by Crippen LogP contribution is -2.26. The molecule has 0 bridgehead atoms. The molecule has 20 heavy (non-hydrogen) atoms. The van der Waals surface area contributed by atoms with E-state index < -0.39 is 10.0 Å². The maximum absolute atomic E-state index is 12.1. The van der Waals surface area contributed by atoms with E-state index in [-0.39, 0.29) is 18.2 Å². The largest absolute Gasteiger partial charge is 0.392 e. The number of hydrogen-bond acceptors (Lipinski definition) is 5. The van der Waals surface area contributed by atoms with E-state index >= 15 is 0 Å². The molecule has 2 aromatic rings. The summed E-state index contributed by atoms with van der Waals surface area (Å²) in [5.41, 5.74) is 0.840. The van der Waals surface area contributed by atoms with E-state index in [9.17, 15) is 13.5 Å². The lowest BCUT2D eigenvalue weighted by molar-refractivity contribution is 0.277. The fourth-order valence-corrected chi connectivity index (χ4v) is 3.06. The Bertz CT molecular complexity index is 648. The Morgan fingerprint density at radius 2 is 2.25 bits per heavy atom. The fourth-order valence-electron chi connectivity index (χ4n) is 1.80. The lowest BCUT2D eigenvalue weighted by Gasteiger charge is -2.05. The SMILES string of the molecule is Cc1[nH]nc(S(=O)(=O)NCCCc2ncc[nH]2)c1CO. The second kappa shape index (κ2) is 6.16. The zero-order chi connectivity index (χ0) is 14.6. The van der Waals surface area contributed by atoms with E-state index in [1.165, 1.54) is 0 Å². The number of nitrogens with zero attached hydrogens (tertiary/aromatic N) is 2. The van der Waals surface area contributed by atoms with Gasteiger partial charge in [0.1, 0.15) is 5.82 Å². The first-order valence-corrected chi connectivity index (χ1v) is 7.65. The van der Waals surface area contributed by atoms with Gasteiger partial charge in [-0.1, -0.05) is 0 Å². The number of nitrogens with one attached hydrogen (secondary N) is 3. The molecular formula is C11H17N5O3S. The van der Waals surface area contributed by atoms with Crippen LogP contribution < -0.4 is 4.72 Å². The summed E-state index contributed by atoms with van der Waals surface area (Å²) in [6.45, 7) is 1.57. The van der Waals surface area contributed by atoms with Gasteiger partial charge in [0.15, 0.2) is 5.03 Å². The topological polar surface area (TPSA) is 124 Å². The molecule has 0 aliphatic rings. The van der Waals surface area contributed by atoms with Gasteiger partial charge in [0.25, 0.3) is 10.0 Å². The van der Waals surface area contributed by atoms with Crippen molar-refractivity contribution in [2.75, 3.05) is 6.54 Å². The lowest BCUT2D eigenvalue weighted by atomic mass is 10.3. The van der Waals surface area contributed by atoms with Crippen molar-refractivity contribution in [1.82, 2.24) is 24.9 Å². The third-order valence-corrected chi connectivity index (χ3v) is 4.32. The Balaban J connectivity index is 1.93. The smallest absolute Gasteiger partial charge is 0.260 e. The summed E-state index contributed by atoms with van der Waals surface area (Å²) in [7, 11) is -3.71. The Morgan fingerprint density at radius 1 is 1.45 bits per heavy atom. The summed E-state index contributed by atoms with van der Waals surface area (Å²) in [6.07, 6.45) is 4.64. The maximum Gasteiger partial charge on any atom is 0.260 e. The van der Waals surface area contributed by atoms with Crippen molar-refractivity contribution in [2.24, 2.45) is 0 Å². The van der Waals surface area contributed by atoms with Crippen molar-refractivity contribution in [3.63, 3.8) is 0 Å². The molecule has 110 valence electrons. The molecule has 0 aliphatic carbocycles. The third kappa shape index (κ3) is 3.24. The minimum atomic E-state index is -3.71. The number of aromatic amines is 2. The number of aliphatic hydroxyl groups is 1. The van der Waals surface area contributed by atoms with E-state index in [1.807, 2.05) is 0 Å². The minimum absolute atomic E-state index is 0.143. The quantitative estimate of drug-likeness (QED) is 0.529. The van der Waals surface area contributed by atoms with Gasteiger partial charge in [0, 0.05) is 36.6 Å². The van der Waals surface area contributed by atoms with Crippen LogP contribution in [0.2, 0.25) is 0 Å². The number of H-pyrrole nitrogens is 2. The van der Waals surface area contributed by atoms with Crippen LogP contribution in [-0.4, -0.2) is 40.2 Å². The summed E-state index contributed by atoms with van der Waals surface area (Å²) in [6, 6.07) is 0. The highest BCUT2D eigenvalue weighted by atomic mass is 32.2. The molecule has 0 aliphatic heterocycles. The number of imidazole rings is 1. The van der Waals surface area contributed by atoms with Crippen molar-refractivity contribution >= 4 is 10.0 Å². The number of aromatic nitrogens is 4. The summed E-state index contributed by atoms with van der Waals surface area (Å²) < 4.78 is 26.6. The van der Waals surface area contributed by atoms with Gasteiger partial charge in [-0.15, -0.1) is 0 Å². The standard InChI is InChI=1S/C11H17N5O3S/c1-8-9(7-17)11(16-15-8)20(18,19)14-4-2-3-10-12-5-6-13-10/h5-6,14,17H,2-4,7H2,1H3,(H,12,13)(H,15,16). The monoisotopic (exact) mass is 299 g/mol. The zero-order valence-corrected chi connectivity index (χ0v) is 11.9. The number of rotatable bonds is 7. The molecule has 0 saturated heterocycles. The number of aryl methyl sites for hydroxylation is 2. The van der Waals surface area contributed by atoms with Crippen LogP contribution in [-0.2, 0) is 23.1 Å². The normalized spacial score (nSPS) is 11.9. The molecule has 2 heterocycles. The second-order valence-electron chi connectivity index (χ2n) is 4.33. The molecule has 0 spiro atoms. The molecule has 0 unspecified atom stereocenters. The number of sulfonamides is 1. The van der Waals surface area contributed by atoms with Crippen molar-refractivity contribution in [3.8, 4) is 0 Å². The van der Waals surface area contributed by atoms with Gasteiger partial charge < -0.3 is 10.1 Å². The van der Waals surface area contributed by atoms with E-state index in [2.05, 4.69) is 24.9 Å². The van der Waals surface area contributed by atoms with Gasteiger partial charge in [-0.3, -0.25) is 5.10 Å². The molecule has 9 heteroatoms. The Labute approximate surface area is 116 Å². The van der Waals surface area contributed by atoms with Crippen LogP contribution in [0.5, 0.6) is 0 Å². The van der Waals surface area contributed by atoms with Gasteiger partial charge in [0.05, 0.1) is 6.61 Å². The van der Waals surface area contributed by atoms with Crippen molar-refractivity contribution < 1.29 is 13.5 Å². The van der Waals surface area contributed by atoms with Gasteiger partial charge >= 0.3 is 0 Å². The summed E-state index contributed by atoms with van der Waals surface area (Å²) >= 11 is 0. The Hall–Kier alpha value is -1.71. The van der Waals surface area contributed by atoms with Gasteiger partial charge in [0.2, 0.25) is 0 Å². The highest BCUT2D eigenvalue weighted by molar-refractivity contribution is 7.89. The molecule has 0 atom stereocenters. The highest BCUT2D eigenvalue weighted by Gasteiger charge is 2.22. The van der Waals surface area contributed by atoms with Crippen LogP contribution in [0.25, 0.3) is 0 Å². The van der Waals surface area contributed by atoms with E-state index in [1.54, 1.807) is 19.3 Å². The van der Waals surface area contributed by atoms with Crippen LogP contribution in [0.4, 0.5) is 0 Å². The molecular weight excluding hydrogens is 282 g/mol. The molecule has 4 N–H and O–H groups in total.